The van der Waals surface area contributed by atoms with Crippen molar-refractivity contribution in [1.82, 2.24) is 0 Å². The van der Waals surface area contributed by atoms with E-state index in [4.69, 9.17) is 4.74 Å². The molecular formula is C4H7O2-. The highest BCUT2D eigenvalue weighted by atomic mass is 16.6. The highest BCUT2D eigenvalue weighted by molar-refractivity contribution is 4.66. The standard InChI is InChI=1S/C4H7O2/c1-5-2-4-3-6-4/h4H,1-3H2/q-1. The van der Waals surface area contributed by atoms with Crippen LogP contribution in [0.4, 0.5) is 0 Å². The summed E-state index contributed by atoms with van der Waals surface area (Å²) < 4.78 is 9.27. The Labute approximate surface area is 37.1 Å². The summed E-state index contributed by atoms with van der Waals surface area (Å²) >= 11 is 0. The van der Waals surface area contributed by atoms with Gasteiger partial charge in [-0.25, -0.2) is 7.11 Å². The topological polar surface area (TPSA) is 21.8 Å². The van der Waals surface area contributed by atoms with Gasteiger partial charge in [-0.3, -0.25) is 0 Å². The minimum Gasteiger partial charge on any atom is -0.553 e. The molecule has 6 heavy (non-hydrogen) atoms. The molecule has 0 aromatic carbocycles. The van der Waals surface area contributed by atoms with Gasteiger partial charge in [-0.1, -0.05) is 0 Å². The summed E-state index contributed by atoms with van der Waals surface area (Å²) in [6.45, 7) is 1.51. The van der Waals surface area contributed by atoms with Crippen molar-refractivity contribution in [2.75, 3.05) is 13.2 Å². The molecule has 1 saturated heterocycles. The Morgan fingerprint density at radius 3 is 2.83 bits per heavy atom. The summed E-state index contributed by atoms with van der Waals surface area (Å²) in [5, 5.41) is 0. The van der Waals surface area contributed by atoms with E-state index in [2.05, 4.69) is 11.8 Å². The van der Waals surface area contributed by atoms with Gasteiger partial charge in [0.1, 0.15) is 6.10 Å². The molecule has 0 amide bonds. The first kappa shape index (κ1) is 4.09. The summed E-state index contributed by atoms with van der Waals surface area (Å²) in [6.07, 6.45) is 0.363. The van der Waals surface area contributed by atoms with Crippen molar-refractivity contribution in [3.63, 3.8) is 0 Å². The molecule has 0 radical (unpaired) electrons. The van der Waals surface area contributed by atoms with Crippen LogP contribution >= 0.6 is 0 Å². The Morgan fingerprint density at radius 2 is 2.67 bits per heavy atom. The van der Waals surface area contributed by atoms with Gasteiger partial charge < -0.3 is 9.47 Å². The van der Waals surface area contributed by atoms with Crippen molar-refractivity contribution in [2.24, 2.45) is 0 Å². The Hall–Kier alpha value is -0.0800. The third-order valence-corrected chi connectivity index (χ3v) is 0.706. The van der Waals surface area contributed by atoms with Crippen LogP contribution in [0.1, 0.15) is 0 Å². The molecule has 0 aromatic heterocycles. The van der Waals surface area contributed by atoms with Crippen LogP contribution in [0.15, 0.2) is 0 Å². The van der Waals surface area contributed by atoms with E-state index in [0.717, 1.165) is 6.61 Å². The van der Waals surface area contributed by atoms with Crippen molar-refractivity contribution in [3.05, 3.63) is 7.11 Å². The molecule has 1 aliphatic heterocycles. The molecule has 0 spiro atoms. The van der Waals surface area contributed by atoms with E-state index in [1.165, 1.54) is 0 Å². The molecule has 1 unspecified atom stereocenters. The van der Waals surface area contributed by atoms with E-state index in [1.54, 1.807) is 0 Å². The van der Waals surface area contributed by atoms with Gasteiger partial charge in [-0.2, -0.15) is 0 Å². The van der Waals surface area contributed by atoms with Gasteiger partial charge in [0, 0.05) is 6.61 Å². The zero-order chi connectivity index (χ0) is 4.41. The maximum absolute atomic E-state index is 4.78. The van der Waals surface area contributed by atoms with Gasteiger partial charge in [-0.05, 0) is 0 Å². The van der Waals surface area contributed by atoms with Gasteiger partial charge in [0.05, 0.1) is 6.61 Å². The monoisotopic (exact) mass is 87.0 g/mol. The Balaban J connectivity index is 1.88. The summed E-state index contributed by atoms with van der Waals surface area (Å²) in [5.74, 6) is 0. The largest absolute Gasteiger partial charge is 0.553 e. The average Bonchev–Trinajstić information content (AvgIpc) is 2.21. The first-order valence-corrected chi connectivity index (χ1v) is 1.92. The van der Waals surface area contributed by atoms with Crippen molar-refractivity contribution in [1.29, 1.82) is 0 Å². The smallest absolute Gasteiger partial charge is 0.101 e. The molecule has 1 aliphatic rings. The van der Waals surface area contributed by atoms with E-state index in [0.29, 0.717) is 12.7 Å². The van der Waals surface area contributed by atoms with E-state index in [1.807, 2.05) is 0 Å². The fourth-order valence-corrected chi connectivity index (χ4v) is 0.296. The molecule has 2 nitrogen and oxygen atoms in total. The van der Waals surface area contributed by atoms with Crippen LogP contribution in [0.25, 0.3) is 0 Å². The summed E-state index contributed by atoms with van der Waals surface area (Å²) in [7, 11) is 3.19. The lowest BCUT2D eigenvalue weighted by molar-refractivity contribution is 0.206. The highest BCUT2D eigenvalue weighted by Gasteiger charge is 2.19. The molecule has 0 saturated carbocycles. The fraction of sp³-hybridized carbons (Fsp3) is 0.750. The van der Waals surface area contributed by atoms with Crippen molar-refractivity contribution >= 4 is 0 Å². The molecule has 36 valence electrons. The van der Waals surface area contributed by atoms with Gasteiger partial charge >= 0.3 is 0 Å². The number of rotatable bonds is 2. The summed E-state index contributed by atoms with van der Waals surface area (Å²) in [4.78, 5) is 0. The SMILES string of the molecule is [CH2-]OCC1CO1. The first-order chi connectivity index (χ1) is 2.93. The van der Waals surface area contributed by atoms with Crippen LogP contribution in [-0.2, 0) is 9.47 Å². The normalized spacial score (nSPS) is 30.5. The molecule has 2 heteroatoms. The van der Waals surface area contributed by atoms with Gasteiger partial charge in [0.15, 0.2) is 0 Å². The Morgan fingerprint density at radius 1 is 2.00 bits per heavy atom. The molecule has 1 rings (SSSR count). The quantitative estimate of drug-likeness (QED) is 0.354. The first-order valence-electron chi connectivity index (χ1n) is 1.92. The van der Waals surface area contributed by atoms with Crippen LogP contribution in [0.5, 0.6) is 0 Å². The predicted molar refractivity (Wildman–Crippen MR) is 21.0 cm³/mol. The maximum Gasteiger partial charge on any atom is 0.101 e. The fourth-order valence-electron chi connectivity index (χ4n) is 0.296. The average molecular weight is 87.1 g/mol. The second kappa shape index (κ2) is 1.58. The minimum absolute atomic E-state index is 0.363. The van der Waals surface area contributed by atoms with E-state index in [-0.39, 0.29) is 0 Å². The molecule has 0 N–H and O–H groups in total. The van der Waals surface area contributed by atoms with Crippen LogP contribution in [-0.4, -0.2) is 19.3 Å². The molecule has 1 fully saturated rings. The molecular weight excluding hydrogens is 80.0 g/mol. The third kappa shape index (κ3) is 0.954. The third-order valence-electron chi connectivity index (χ3n) is 0.706. The lowest BCUT2D eigenvalue weighted by atomic mass is 10.5. The molecule has 0 aliphatic carbocycles. The van der Waals surface area contributed by atoms with Gasteiger partial charge in [0.2, 0.25) is 0 Å². The van der Waals surface area contributed by atoms with Crippen LogP contribution in [0, 0.1) is 7.11 Å². The number of hydrogen-bond donors (Lipinski definition) is 0. The van der Waals surface area contributed by atoms with Crippen molar-refractivity contribution in [2.45, 2.75) is 6.10 Å². The highest BCUT2D eigenvalue weighted by Crippen LogP contribution is 2.07. The number of epoxide rings is 1. The van der Waals surface area contributed by atoms with Crippen LogP contribution < -0.4 is 0 Å². The van der Waals surface area contributed by atoms with Crippen LogP contribution in [0.3, 0.4) is 0 Å². The zero-order valence-corrected chi connectivity index (χ0v) is 3.52. The maximum atomic E-state index is 4.78. The molecule has 1 heterocycles. The van der Waals surface area contributed by atoms with Gasteiger partial charge in [-0.15, -0.1) is 0 Å². The second-order valence-corrected chi connectivity index (χ2v) is 1.33. The lowest BCUT2D eigenvalue weighted by Crippen LogP contribution is -1.93. The van der Waals surface area contributed by atoms with Crippen molar-refractivity contribution in [3.8, 4) is 0 Å². The van der Waals surface area contributed by atoms with Crippen molar-refractivity contribution < 1.29 is 9.47 Å². The molecule has 0 aromatic rings. The second-order valence-electron chi connectivity index (χ2n) is 1.33. The van der Waals surface area contributed by atoms with E-state index >= 15 is 0 Å². The lowest BCUT2D eigenvalue weighted by Gasteiger charge is -1.95. The predicted octanol–water partition coefficient (Wildman–Crippen LogP) is 0.193. The minimum atomic E-state index is 0.363. The van der Waals surface area contributed by atoms with E-state index < -0.39 is 0 Å². The van der Waals surface area contributed by atoms with Gasteiger partial charge in [0.25, 0.3) is 0 Å². The summed E-state index contributed by atoms with van der Waals surface area (Å²) in [6, 6.07) is 0. The van der Waals surface area contributed by atoms with Crippen LogP contribution in [0.2, 0.25) is 0 Å². The zero-order valence-electron chi connectivity index (χ0n) is 3.52. The number of ether oxygens (including phenoxy) is 2. The Bertz CT molecular complexity index is 40.8. The molecule has 1 atom stereocenters. The van der Waals surface area contributed by atoms with E-state index in [9.17, 15) is 0 Å². The Kier molecular flexibility index (Phi) is 1.08. The molecule has 0 bridgehead atoms. The number of hydrogen-bond acceptors (Lipinski definition) is 2. The summed E-state index contributed by atoms with van der Waals surface area (Å²) in [5.41, 5.74) is 0.